The van der Waals surface area contributed by atoms with Crippen molar-refractivity contribution in [3.63, 3.8) is 0 Å². The highest BCUT2D eigenvalue weighted by Gasteiger charge is 2.25. The Bertz CT molecular complexity index is 1830. The van der Waals surface area contributed by atoms with E-state index in [0.29, 0.717) is 21.7 Å². The summed E-state index contributed by atoms with van der Waals surface area (Å²) in [6, 6.07) is 14.6. The molecule has 5 rings (SSSR count). The quantitative estimate of drug-likeness (QED) is 0.240. The number of nitrogens with zero attached hydrogens (tertiary/aromatic N) is 3. The molecule has 3 heterocycles. The van der Waals surface area contributed by atoms with Gasteiger partial charge in [-0.25, -0.2) is 33.4 Å². The Kier molecular flexibility index (Phi) is 8.01. The van der Waals surface area contributed by atoms with Crippen molar-refractivity contribution in [2.24, 2.45) is 0 Å². The van der Waals surface area contributed by atoms with Gasteiger partial charge in [-0.1, -0.05) is 24.3 Å². The van der Waals surface area contributed by atoms with Gasteiger partial charge in [-0.2, -0.15) is 0 Å². The third-order valence-corrected chi connectivity index (χ3v) is 7.59. The van der Waals surface area contributed by atoms with Gasteiger partial charge in [-0.3, -0.25) is 14.2 Å². The number of carbonyl (C=O) groups excluding carboxylic acids is 1. The highest BCUT2D eigenvalue weighted by molar-refractivity contribution is 7.22. The van der Waals surface area contributed by atoms with E-state index in [1.807, 2.05) is 0 Å². The summed E-state index contributed by atoms with van der Waals surface area (Å²) in [7, 11) is 3.03. The maximum absolute atomic E-state index is 14.7. The molecule has 0 atom stereocenters. The van der Waals surface area contributed by atoms with Gasteiger partial charge in [0.15, 0.2) is 0 Å². The van der Waals surface area contributed by atoms with E-state index in [4.69, 9.17) is 0 Å². The molecule has 2 aromatic carbocycles. The molecular formula is C28H24F2N6O4S. The molecule has 0 aliphatic rings. The largest absolute Gasteiger partial charge is 0.343 e. The number of benzene rings is 2. The first-order chi connectivity index (χ1) is 19.8. The standard InChI is InChI=1S/C28H24F2N6O4S/c1-31-14-18-23-25(37)36(22-8-3-4-13-32-22)28(39)35(15-19-20(29)6-5-7-21(19)30)26(23)41-24(18)16-9-11-17(12-10-16)33-27(38)34-40-2/h3-13,31H,14-15H2,1-2H3,(H2,33,34,38). The first-order valence-corrected chi connectivity index (χ1v) is 13.2. The molecule has 0 unspecified atom stereocenters. The number of anilines is 1. The molecule has 0 saturated carbocycles. The fourth-order valence-corrected chi connectivity index (χ4v) is 5.78. The third-order valence-electron chi connectivity index (χ3n) is 6.28. The van der Waals surface area contributed by atoms with Gasteiger partial charge in [0.1, 0.15) is 22.3 Å². The number of hydrogen-bond donors (Lipinski definition) is 3. The smallest absolute Gasteiger partial charge is 0.316 e. The predicted octanol–water partition coefficient (Wildman–Crippen LogP) is 4.00. The molecule has 10 nitrogen and oxygen atoms in total. The monoisotopic (exact) mass is 578 g/mol. The Morgan fingerprint density at radius 1 is 1.00 bits per heavy atom. The summed E-state index contributed by atoms with van der Waals surface area (Å²) in [4.78, 5) is 49.3. The number of halogens is 2. The van der Waals surface area contributed by atoms with Crippen molar-refractivity contribution in [3.8, 4) is 16.3 Å². The minimum atomic E-state index is -0.812. The van der Waals surface area contributed by atoms with Crippen molar-refractivity contribution in [2.75, 3.05) is 19.5 Å². The van der Waals surface area contributed by atoms with Crippen LogP contribution in [0.5, 0.6) is 0 Å². The molecule has 13 heteroatoms. The van der Waals surface area contributed by atoms with Crippen LogP contribution in [0.25, 0.3) is 26.5 Å². The van der Waals surface area contributed by atoms with Crippen LogP contribution < -0.4 is 27.4 Å². The summed E-state index contributed by atoms with van der Waals surface area (Å²) in [5.41, 5.74) is 2.27. The molecule has 210 valence electrons. The number of nitrogens with one attached hydrogen (secondary N) is 3. The van der Waals surface area contributed by atoms with Gasteiger partial charge in [0.2, 0.25) is 0 Å². The number of hydrogen-bond acceptors (Lipinski definition) is 7. The first-order valence-electron chi connectivity index (χ1n) is 12.3. The summed E-state index contributed by atoms with van der Waals surface area (Å²) in [5.74, 6) is -1.54. The zero-order chi connectivity index (χ0) is 29.1. The van der Waals surface area contributed by atoms with Crippen molar-refractivity contribution in [1.82, 2.24) is 24.9 Å². The lowest BCUT2D eigenvalue weighted by Crippen LogP contribution is -2.39. The molecule has 0 fully saturated rings. The minimum absolute atomic E-state index is 0.0834. The van der Waals surface area contributed by atoms with E-state index in [1.165, 1.54) is 30.0 Å². The Morgan fingerprint density at radius 3 is 2.37 bits per heavy atom. The Hall–Kier alpha value is -4.72. The van der Waals surface area contributed by atoms with Gasteiger partial charge in [0.25, 0.3) is 5.56 Å². The van der Waals surface area contributed by atoms with E-state index in [2.05, 4.69) is 25.9 Å². The molecule has 0 spiro atoms. The van der Waals surface area contributed by atoms with Gasteiger partial charge >= 0.3 is 11.7 Å². The number of amides is 2. The fourth-order valence-electron chi connectivity index (χ4n) is 4.47. The van der Waals surface area contributed by atoms with Gasteiger partial charge in [0, 0.05) is 28.9 Å². The third kappa shape index (κ3) is 5.37. The number of fused-ring (bicyclic) bond motifs is 1. The Labute approximate surface area is 235 Å². The van der Waals surface area contributed by atoms with E-state index >= 15 is 0 Å². The van der Waals surface area contributed by atoms with Crippen molar-refractivity contribution in [2.45, 2.75) is 13.1 Å². The maximum atomic E-state index is 14.7. The average Bonchev–Trinajstić information content (AvgIpc) is 3.33. The van der Waals surface area contributed by atoms with E-state index in [-0.39, 0.29) is 28.1 Å². The number of pyridine rings is 1. The van der Waals surface area contributed by atoms with Crippen molar-refractivity contribution >= 4 is 33.3 Å². The summed E-state index contributed by atoms with van der Waals surface area (Å²) >= 11 is 1.16. The lowest BCUT2D eigenvalue weighted by Gasteiger charge is -2.13. The van der Waals surface area contributed by atoms with Crippen molar-refractivity contribution in [1.29, 1.82) is 0 Å². The Balaban J connectivity index is 1.76. The van der Waals surface area contributed by atoms with Crippen LogP contribution >= 0.6 is 11.3 Å². The van der Waals surface area contributed by atoms with Gasteiger partial charge in [0.05, 0.1) is 19.0 Å². The molecular weight excluding hydrogens is 554 g/mol. The molecule has 0 radical (unpaired) electrons. The van der Waals surface area contributed by atoms with Gasteiger partial charge in [-0.15, -0.1) is 11.3 Å². The molecule has 0 aliphatic carbocycles. The van der Waals surface area contributed by atoms with Gasteiger partial charge < -0.3 is 10.6 Å². The fraction of sp³-hybridized carbons (Fsp3) is 0.143. The van der Waals surface area contributed by atoms with Crippen LogP contribution in [0.15, 0.2) is 76.4 Å². The number of rotatable bonds is 8. The second kappa shape index (κ2) is 11.8. The number of hydroxylamine groups is 1. The van der Waals surface area contributed by atoms with E-state index in [0.717, 1.165) is 28.0 Å². The van der Waals surface area contributed by atoms with Crippen LogP contribution in [-0.4, -0.2) is 34.3 Å². The SMILES string of the molecule is CNCc1c(-c2ccc(NC(=O)NOC)cc2)sc2c1c(=O)n(-c1ccccn1)c(=O)n2Cc1c(F)cccc1F. The average molecular weight is 579 g/mol. The lowest BCUT2D eigenvalue weighted by atomic mass is 10.1. The predicted molar refractivity (Wildman–Crippen MR) is 152 cm³/mol. The highest BCUT2D eigenvalue weighted by Crippen LogP contribution is 2.38. The van der Waals surface area contributed by atoms with Gasteiger partial charge in [-0.05, 0) is 54.6 Å². The molecule has 2 amide bonds. The highest BCUT2D eigenvalue weighted by atomic mass is 32.1. The first kappa shape index (κ1) is 27.8. The van der Waals surface area contributed by atoms with Crippen LogP contribution in [-0.2, 0) is 17.9 Å². The second-order valence-electron chi connectivity index (χ2n) is 8.86. The van der Waals surface area contributed by atoms with Crippen LogP contribution in [0.3, 0.4) is 0 Å². The number of urea groups is 1. The van der Waals surface area contributed by atoms with Crippen LogP contribution in [0.2, 0.25) is 0 Å². The normalized spacial score (nSPS) is 11.1. The molecule has 3 N–H and O–H groups in total. The molecule has 5 aromatic rings. The topological polar surface area (TPSA) is 119 Å². The number of carbonyl (C=O) groups is 1. The number of aromatic nitrogens is 3. The zero-order valence-corrected chi connectivity index (χ0v) is 22.7. The molecule has 0 aliphatic heterocycles. The van der Waals surface area contributed by atoms with Crippen molar-refractivity contribution < 1.29 is 18.4 Å². The number of thiophene rings is 1. The van der Waals surface area contributed by atoms with Crippen LogP contribution in [0.1, 0.15) is 11.1 Å². The van der Waals surface area contributed by atoms with Crippen LogP contribution in [0, 0.1) is 11.6 Å². The van der Waals surface area contributed by atoms with Crippen molar-refractivity contribution in [3.05, 3.63) is 110 Å². The Morgan fingerprint density at radius 2 is 1.73 bits per heavy atom. The van der Waals surface area contributed by atoms with Crippen LogP contribution in [0.4, 0.5) is 19.3 Å². The van der Waals surface area contributed by atoms with E-state index in [9.17, 15) is 23.2 Å². The summed E-state index contributed by atoms with van der Waals surface area (Å²) in [5, 5.41) is 5.91. The zero-order valence-electron chi connectivity index (χ0n) is 21.9. The summed E-state index contributed by atoms with van der Waals surface area (Å²) in [6.45, 7) is -0.188. The maximum Gasteiger partial charge on any atom is 0.343 e. The summed E-state index contributed by atoms with van der Waals surface area (Å²) < 4.78 is 31.6. The molecule has 0 bridgehead atoms. The second-order valence-corrected chi connectivity index (χ2v) is 9.85. The molecule has 41 heavy (non-hydrogen) atoms. The minimum Gasteiger partial charge on any atom is -0.316 e. The summed E-state index contributed by atoms with van der Waals surface area (Å²) in [6.07, 6.45) is 1.45. The lowest BCUT2D eigenvalue weighted by molar-refractivity contribution is 0.114. The van der Waals surface area contributed by atoms with E-state index in [1.54, 1.807) is 43.4 Å². The molecule has 3 aromatic heterocycles. The molecule has 0 saturated heterocycles. The van der Waals surface area contributed by atoms with E-state index < -0.39 is 35.5 Å².